The Kier molecular flexibility index (Phi) is 7.10. The van der Waals surface area contributed by atoms with E-state index in [9.17, 15) is 0 Å². The minimum Gasteiger partial charge on any atom is -0.497 e. The molecule has 0 saturated carbocycles. The van der Waals surface area contributed by atoms with E-state index in [4.69, 9.17) is 9.47 Å². The molecule has 0 unspecified atom stereocenters. The Balaban J connectivity index is 1.36. The van der Waals surface area contributed by atoms with Gasteiger partial charge in [-0.2, -0.15) is 0 Å². The highest BCUT2D eigenvalue weighted by Crippen LogP contribution is 2.32. The molecule has 0 N–H and O–H groups in total. The molecule has 0 aliphatic carbocycles. The van der Waals surface area contributed by atoms with Crippen LogP contribution in [0.4, 0.5) is 0 Å². The van der Waals surface area contributed by atoms with Crippen molar-refractivity contribution < 1.29 is 14.0 Å². The molecule has 4 heteroatoms. The monoisotopic (exact) mass is 561 g/mol. The molecule has 1 heterocycles. The molecule has 6 aromatic carbocycles. The zero-order valence-electron chi connectivity index (χ0n) is 24.4. The third-order valence-corrected chi connectivity index (χ3v) is 8.10. The molecule has 0 aliphatic rings. The highest BCUT2D eigenvalue weighted by Gasteiger charge is 2.26. The first-order valence-corrected chi connectivity index (χ1v) is 14.6. The fourth-order valence-electron chi connectivity index (χ4n) is 5.98. The molecule has 7 aromatic rings. The quantitative estimate of drug-likeness (QED) is 0.174. The number of hydrogen-bond acceptors (Lipinski definition) is 2. The van der Waals surface area contributed by atoms with Crippen LogP contribution in [0.3, 0.4) is 0 Å². The Morgan fingerprint density at radius 2 is 1.05 bits per heavy atom. The van der Waals surface area contributed by atoms with E-state index in [2.05, 4.69) is 137 Å². The smallest absolute Gasteiger partial charge is 0.245 e. The minimum absolute atomic E-state index is 0.747. The van der Waals surface area contributed by atoms with Gasteiger partial charge in [-0.05, 0) is 69.1 Å². The van der Waals surface area contributed by atoms with Gasteiger partial charge in [0, 0.05) is 11.1 Å². The number of methoxy groups -OCH3 is 2. The standard InChI is InChI=1S/C39H33N2O2/c1-42-36-19-17-32-21-28(13-15-34(32)23-36)25-40-27-41(26-29-14-16-35-24-37(43-2)20-18-33(35)22-29)39(31-11-7-4-8-12-31)38(40)30-9-5-3-6-10-30/h3-24,27H,25-26H2,1-2H3/q+1. The summed E-state index contributed by atoms with van der Waals surface area (Å²) in [7, 11) is 3.42. The SMILES string of the molecule is COc1ccc2cc(Cn3c[n+](Cc4ccc5cc(OC)ccc5c4)c(-c4ccccc4)c3-c3ccccc3)ccc2c1. The summed E-state index contributed by atoms with van der Waals surface area (Å²) in [5, 5.41) is 4.76. The third-order valence-electron chi connectivity index (χ3n) is 8.10. The second-order valence-electron chi connectivity index (χ2n) is 10.9. The largest absolute Gasteiger partial charge is 0.497 e. The van der Waals surface area contributed by atoms with Crippen molar-refractivity contribution in [3.63, 3.8) is 0 Å². The molecule has 0 bridgehead atoms. The van der Waals surface area contributed by atoms with E-state index in [1.54, 1.807) is 14.2 Å². The summed E-state index contributed by atoms with van der Waals surface area (Å²) < 4.78 is 15.7. The van der Waals surface area contributed by atoms with E-state index in [1.807, 2.05) is 12.1 Å². The van der Waals surface area contributed by atoms with Gasteiger partial charge in [0.2, 0.25) is 6.33 Å². The maximum absolute atomic E-state index is 5.44. The van der Waals surface area contributed by atoms with Crippen LogP contribution in [-0.4, -0.2) is 18.8 Å². The lowest BCUT2D eigenvalue weighted by Gasteiger charge is -2.08. The summed E-state index contributed by atoms with van der Waals surface area (Å²) in [5.41, 5.74) is 7.28. The molecular formula is C39H33N2O2+. The first-order valence-electron chi connectivity index (χ1n) is 14.6. The Morgan fingerprint density at radius 1 is 0.535 bits per heavy atom. The average molecular weight is 562 g/mol. The number of fused-ring (bicyclic) bond motifs is 2. The van der Waals surface area contributed by atoms with E-state index in [0.717, 1.165) is 24.6 Å². The summed E-state index contributed by atoms with van der Waals surface area (Å²) >= 11 is 0. The van der Waals surface area contributed by atoms with Crippen LogP contribution in [0.1, 0.15) is 11.1 Å². The van der Waals surface area contributed by atoms with Crippen molar-refractivity contribution in [2.75, 3.05) is 14.2 Å². The zero-order chi connectivity index (χ0) is 29.2. The maximum atomic E-state index is 5.44. The van der Waals surface area contributed by atoms with Gasteiger partial charge < -0.3 is 9.47 Å². The van der Waals surface area contributed by atoms with Crippen LogP contribution in [0.25, 0.3) is 44.1 Å². The first-order chi connectivity index (χ1) is 21.2. The lowest BCUT2D eigenvalue weighted by molar-refractivity contribution is -0.677. The van der Waals surface area contributed by atoms with E-state index in [0.29, 0.717) is 0 Å². The molecule has 0 saturated heterocycles. The topological polar surface area (TPSA) is 27.3 Å². The fraction of sp³-hybridized carbons (Fsp3) is 0.103. The molecule has 0 atom stereocenters. The number of aromatic nitrogens is 2. The summed E-state index contributed by atoms with van der Waals surface area (Å²) in [6.07, 6.45) is 2.28. The molecule has 0 amide bonds. The fourth-order valence-corrected chi connectivity index (χ4v) is 5.98. The molecule has 210 valence electrons. The summed E-state index contributed by atoms with van der Waals surface area (Å²) in [6.45, 7) is 1.49. The van der Waals surface area contributed by atoms with Crippen LogP contribution in [0.15, 0.2) is 140 Å². The van der Waals surface area contributed by atoms with Crippen molar-refractivity contribution in [1.29, 1.82) is 0 Å². The normalized spacial score (nSPS) is 11.2. The molecule has 0 fully saturated rings. The highest BCUT2D eigenvalue weighted by atomic mass is 16.5. The molecule has 0 radical (unpaired) electrons. The van der Waals surface area contributed by atoms with Crippen molar-refractivity contribution in [2.24, 2.45) is 0 Å². The molecule has 0 aliphatic heterocycles. The van der Waals surface area contributed by atoms with Crippen molar-refractivity contribution in [3.05, 3.63) is 151 Å². The summed E-state index contributed by atoms with van der Waals surface area (Å²) in [6, 6.07) is 47.4. The second-order valence-corrected chi connectivity index (χ2v) is 10.9. The van der Waals surface area contributed by atoms with Gasteiger partial charge in [0.05, 0.1) is 14.2 Å². The van der Waals surface area contributed by atoms with Crippen LogP contribution < -0.4 is 14.0 Å². The van der Waals surface area contributed by atoms with Crippen LogP contribution in [0.5, 0.6) is 11.5 Å². The molecule has 4 nitrogen and oxygen atoms in total. The second kappa shape index (κ2) is 11.5. The van der Waals surface area contributed by atoms with Crippen molar-refractivity contribution >= 4 is 21.5 Å². The van der Waals surface area contributed by atoms with Gasteiger partial charge in [-0.15, -0.1) is 0 Å². The highest BCUT2D eigenvalue weighted by molar-refractivity contribution is 5.85. The van der Waals surface area contributed by atoms with Gasteiger partial charge in [0.25, 0.3) is 0 Å². The average Bonchev–Trinajstić information content (AvgIpc) is 3.41. The lowest BCUT2D eigenvalue weighted by atomic mass is 10.0. The first kappa shape index (κ1) is 26.5. The number of nitrogens with zero attached hydrogens (tertiary/aromatic N) is 2. The number of ether oxygens (including phenoxy) is 2. The van der Waals surface area contributed by atoms with Crippen molar-refractivity contribution in [3.8, 4) is 34.0 Å². The summed E-state index contributed by atoms with van der Waals surface area (Å²) in [5.74, 6) is 1.75. The number of benzene rings is 6. The van der Waals surface area contributed by atoms with Gasteiger partial charge in [0.15, 0.2) is 11.4 Å². The Labute approximate surface area is 252 Å². The third kappa shape index (κ3) is 5.35. The molecule has 0 spiro atoms. The van der Waals surface area contributed by atoms with Gasteiger partial charge in [0.1, 0.15) is 24.6 Å². The van der Waals surface area contributed by atoms with Gasteiger partial charge in [-0.3, -0.25) is 0 Å². The Morgan fingerprint density at radius 3 is 1.65 bits per heavy atom. The van der Waals surface area contributed by atoms with Crippen LogP contribution in [-0.2, 0) is 13.1 Å². The number of imidazole rings is 1. The predicted molar refractivity (Wildman–Crippen MR) is 175 cm³/mol. The van der Waals surface area contributed by atoms with Crippen LogP contribution in [0.2, 0.25) is 0 Å². The summed E-state index contributed by atoms with van der Waals surface area (Å²) in [4.78, 5) is 0. The van der Waals surface area contributed by atoms with E-state index < -0.39 is 0 Å². The zero-order valence-corrected chi connectivity index (χ0v) is 24.4. The molecule has 1 aromatic heterocycles. The van der Waals surface area contributed by atoms with E-state index in [-0.39, 0.29) is 0 Å². The lowest BCUT2D eigenvalue weighted by Crippen LogP contribution is -2.34. The van der Waals surface area contributed by atoms with Gasteiger partial charge in [-0.25, -0.2) is 9.13 Å². The van der Waals surface area contributed by atoms with Gasteiger partial charge >= 0.3 is 0 Å². The maximum Gasteiger partial charge on any atom is 0.245 e. The van der Waals surface area contributed by atoms with Crippen LogP contribution >= 0.6 is 0 Å². The van der Waals surface area contributed by atoms with Crippen molar-refractivity contribution in [1.82, 2.24) is 4.57 Å². The molecule has 43 heavy (non-hydrogen) atoms. The van der Waals surface area contributed by atoms with Gasteiger partial charge in [-0.1, -0.05) is 97.1 Å². The predicted octanol–water partition coefficient (Wildman–Crippen LogP) is 8.53. The molecule has 7 rings (SSSR count). The number of hydrogen-bond donors (Lipinski definition) is 0. The minimum atomic E-state index is 0.747. The Bertz CT molecular complexity index is 1900. The van der Waals surface area contributed by atoms with E-state index in [1.165, 1.54) is 55.2 Å². The van der Waals surface area contributed by atoms with Crippen LogP contribution in [0, 0.1) is 0 Å². The number of rotatable bonds is 8. The van der Waals surface area contributed by atoms with Crippen molar-refractivity contribution in [2.45, 2.75) is 13.1 Å². The van der Waals surface area contributed by atoms with E-state index >= 15 is 0 Å². The Hall–Kier alpha value is -5.35. The molecular weight excluding hydrogens is 528 g/mol.